The molecule has 0 spiro atoms. The van der Waals surface area contributed by atoms with E-state index in [9.17, 15) is 24.1 Å². The Hall–Kier alpha value is -4.40. The Kier molecular flexibility index (Phi) is 7.39. The first kappa shape index (κ1) is 25.2. The highest BCUT2D eigenvalue weighted by molar-refractivity contribution is 5.94. The fourth-order valence-corrected chi connectivity index (χ4v) is 3.09. The molecule has 0 radical (unpaired) electrons. The van der Waals surface area contributed by atoms with E-state index in [2.05, 4.69) is 16.8 Å². The van der Waals surface area contributed by atoms with Crippen LogP contribution >= 0.6 is 0 Å². The molecular weight excluding hydrogens is 461 g/mol. The van der Waals surface area contributed by atoms with Crippen molar-refractivity contribution in [2.45, 2.75) is 26.4 Å². The summed E-state index contributed by atoms with van der Waals surface area (Å²) in [7, 11) is 0. The minimum Gasteiger partial charge on any atom is -0.453 e. The number of carbonyl (C=O) groups excluding carboxylic acids is 2. The van der Waals surface area contributed by atoms with E-state index in [0.717, 1.165) is 18.2 Å². The average Bonchev–Trinajstić information content (AvgIpc) is 2.78. The van der Waals surface area contributed by atoms with E-state index in [1.54, 1.807) is 20.8 Å². The Bertz CT molecular complexity index is 1210. The van der Waals surface area contributed by atoms with Crippen molar-refractivity contribution in [3.05, 3.63) is 52.0 Å². The van der Waals surface area contributed by atoms with Crippen LogP contribution in [0.1, 0.15) is 26.3 Å². The van der Waals surface area contributed by atoms with Gasteiger partial charge in [-0.1, -0.05) is 0 Å². The molecule has 1 aliphatic heterocycles. The van der Waals surface area contributed by atoms with Gasteiger partial charge in [-0.25, -0.2) is 14.2 Å². The van der Waals surface area contributed by atoms with E-state index in [0.29, 0.717) is 13.1 Å². The third kappa shape index (κ3) is 6.57. The van der Waals surface area contributed by atoms with Gasteiger partial charge in [0.15, 0.2) is 11.6 Å². The molecule has 2 N–H and O–H groups in total. The Labute approximate surface area is 200 Å². The van der Waals surface area contributed by atoms with E-state index in [1.807, 2.05) is 0 Å². The van der Waals surface area contributed by atoms with Gasteiger partial charge in [0, 0.05) is 50.4 Å². The quantitative estimate of drug-likeness (QED) is 0.397. The van der Waals surface area contributed by atoms with Crippen molar-refractivity contribution in [1.82, 2.24) is 14.8 Å². The molecule has 2 aromatic rings. The summed E-state index contributed by atoms with van der Waals surface area (Å²) in [5.74, 6) is 3.35. The molecule has 0 atom stereocenters. The molecular formula is C23H24FN5O6. The third-order valence-electron chi connectivity index (χ3n) is 4.80. The minimum absolute atomic E-state index is 0.0281. The van der Waals surface area contributed by atoms with Crippen LogP contribution in [-0.2, 0) is 9.53 Å². The molecule has 1 aromatic heterocycles. The highest BCUT2D eigenvalue weighted by Crippen LogP contribution is 2.30. The molecule has 11 nitrogen and oxygen atoms in total. The van der Waals surface area contributed by atoms with Crippen molar-refractivity contribution in [1.29, 1.82) is 0 Å². The fourth-order valence-electron chi connectivity index (χ4n) is 3.09. The molecule has 1 saturated heterocycles. The summed E-state index contributed by atoms with van der Waals surface area (Å²) in [6, 6.07) is 4.31. The van der Waals surface area contributed by atoms with Crippen molar-refractivity contribution in [3.8, 4) is 23.3 Å². The number of pyridine rings is 1. The number of nitro groups is 1. The molecule has 12 heteroatoms. The number of aromatic nitrogens is 1. The number of amides is 2. The van der Waals surface area contributed by atoms with Crippen LogP contribution in [0.3, 0.4) is 0 Å². The monoisotopic (exact) mass is 485 g/mol. The molecule has 184 valence electrons. The lowest BCUT2D eigenvalue weighted by molar-refractivity contribution is -0.385. The van der Waals surface area contributed by atoms with E-state index in [1.165, 1.54) is 22.1 Å². The Morgan fingerprint density at radius 2 is 1.80 bits per heavy atom. The van der Waals surface area contributed by atoms with Crippen LogP contribution in [0.15, 0.2) is 30.5 Å². The van der Waals surface area contributed by atoms with Crippen molar-refractivity contribution in [2.24, 2.45) is 0 Å². The van der Waals surface area contributed by atoms with Gasteiger partial charge in [0.2, 0.25) is 0 Å². The number of nitro benzene ring substituents is 1. The molecule has 0 aliphatic carbocycles. The molecule has 1 aromatic carbocycles. The van der Waals surface area contributed by atoms with Crippen LogP contribution in [0.4, 0.5) is 20.7 Å². The second-order valence-electron chi connectivity index (χ2n) is 8.55. The van der Waals surface area contributed by atoms with Crippen LogP contribution in [0.5, 0.6) is 11.5 Å². The maximum atomic E-state index is 14.3. The highest BCUT2D eigenvalue weighted by Gasteiger charge is 2.27. The number of hydrogen-bond donors (Lipinski definition) is 1. The van der Waals surface area contributed by atoms with Gasteiger partial charge >= 0.3 is 6.09 Å². The van der Waals surface area contributed by atoms with Crippen molar-refractivity contribution in [3.63, 3.8) is 0 Å². The third-order valence-corrected chi connectivity index (χ3v) is 4.80. The second kappa shape index (κ2) is 10.3. The number of non-ortho nitro benzene ring substituents is 1. The van der Waals surface area contributed by atoms with Gasteiger partial charge in [0.25, 0.3) is 11.6 Å². The molecule has 3 rings (SSSR count). The molecule has 0 unspecified atom stereocenters. The number of nitrogens with zero attached hydrogens (tertiary/aromatic N) is 4. The number of anilines is 1. The zero-order valence-electron chi connectivity index (χ0n) is 19.4. The first-order valence-electron chi connectivity index (χ1n) is 10.6. The van der Waals surface area contributed by atoms with E-state index < -0.39 is 34.0 Å². The highest BCUT2D eigenvalue weighted by atomic mass is 19.1. The number of ether oxygens (including phenoxy) is 2. The van der Waals surface area contributed by atoms with Gasteiger partial charge in [-0.3, -0.25) is 14.9 Å². The number of hydrogen-bond acceptors (Lipinski definition) is 8. The minimum atomic E-state index is -0.951. The molecule has 0 bridgehead atoms. The predicted molar refractivity (Wildman–Crippen MR) is 123 cm³/mol. The fraction of sp³-hybridized carbons (Fsp3) is 0.348. The summed E-state index contributed by atoms with van der Waals surface area (Å²) in [5, 5.41) is 10.8. The van der Waals surface area contributed by atoms with Crippen LogP contribution in [0.2, 0.25) is 0 Å². The Morgan fingerprint density at radius 3 is 2.40 bits per heavy atom. The number of rotatable bonds is 3. The van der Waals surface area contributed by atoms with Crippen LogP contribution in [0, 0.1) is 27.8 Å². The standard InChI is InChI=1S/C23H24FN5O6/c1-23(2,3)35-22(31)28-12-10-27(11-13-28)20(30)7-5-16-18(8-9-26-21(16)25)34-19-6-4-15(29(32)33)14-17(19)24/h4,6,8-9,14H,10-13H2,1-3H3,(H2,25,26). The molecule has 1 fully saturated rings. The zero-order valence-corrected chi connectivity index (χ0v) is 19.4. The summed E-state index contributed by atoms with van der Waals surface area (Å²) >= 11 is 0. The summed E-state index contributed by atoms with van der Waals surface area (Å²) in [6.07, 6.45) is 0.871. The van der Waals surface area contributed by atoms with Crippen molar-refractivity contribution >= 4 is 23.5 Å². The van der Waals surface area contributed by atoms with Crippen LogP contribution < -0.4 is 10.5 Å². The van der Waals surface area contributed by atoms with Gasteiger partial charge in [0.1, 0.15) is 22.7 Å². The SMILES string of the molecule is CC(C)(C)OC(=O)N1CCN(C(=O)C#Cc2c(Oc3ccc([N+](=O)[O-])cc3F)ccnc2N)CC1. The summed E-state index contributed by atoms with van der Waals surface area (Å²) in [4.78, 5) is 41.8. The first-order chi connectivity index (χ1) is 16.4. The average molecular weight is 485 g/mol. The topological polar surface area (TPSA) is 141 Å². The van der Waals surface area contributed by atoms with Gasteiger partial charge in [-0.15, -0.1) is 0 Å². The largest absolute Gasteiger partial charge is 0.453 e. The first-order valence-corrected chi connectivity index (χ1v) is 10.6. The predicted octanol–water partition coefficient (Wildman–Crippen LogP) is 2.93. The summed E-state index contributed by atoms with van der Waals surface area (Å²) < 4.78 is 25.1. The number of carbonyl (C=O) groups is 2. The van der Waals surface area contributed by atoms with Crippen molar-refractivity contribution in [2.75, 3.05) is 31.9 Å². The van der Waals surface area contributed by atoms with E-state index in [-0.39, 0.29) is 36.0 Å². The molecule has 2 amide bonds. The van der Waals surface area contributed by atoms with Crippen LogP contribution in [0.25, 0.3) is 0 Å². The van der Waals surface area contributed by atoms with Crippen molar-refractivity contribution < 1.29 is 28.4 Å². The number of nitrogen functional groups attached to an aromatic ring is 1. The summed E-state index contributed by atoms with van der Waals surface area (Å²) in [5.41, 5.74) is 4.90. The maximum Gasteiger partial charge on any atom is 0.410 e. The maximum absolute atomic E-state index is 14.3. The van der Waals surface area contributed by atoms with Gasteiger partial charge < -0.3 is 25.0 Å². The smallest absolute Gasteiger partial charge is 0.410 e. The summed E-state index contributed by atoms with van der Waals surface area (Å²) in [6.45, 7) is 6.46. The van der Waals surface area contributed by atoms with Crippen LogP contribution in [-0.4, -0.2) is 63.5 Å². The lowest BCUT2D eigenvalue weighted by atomic mass is 10.2. The molecule has 35 heavy (non-hydrogen) atoms. The lowest BCUT2D eigenvalue weighted by Gasteiger charge is -2.34. The molecule has 1 aliphatic rings. The number of halogens is 1. The van der Waals surface area contributed by atoms with Gasteiger partial charge in [-0.2, -0.15) is 0 Å². The Balaban J connectivity index is 1.71. The van der Waals surface area contributed by atoms with E-state index in [4.69, 9.17) is 15.2 Å². The zero-order chi connectivity index (χ0) is 25.8. The lowest BCUT2D eigenvalue weighted by Crippen LogP contribution is -2.51. The van der Waals surface area contributed by atoms with Gasteiger partial charge in [-0.05, 0) is 32.8 Å². The van der Waals surface area contributed by atoms with Gasteiger partial charge in [0.05, 0.1) is 11.0 Å². The van der Waals surface area contributed by atoms with E-state index >= 15 is 0 Å². The Morgan fingerprint density at radius 1 is 1.14 bits per heavy atom. The number of benzene rings is 1. The molecule has 2 heterocycles. The second-order valence-corrected chi connectivity index (χ2v) is 8.55. The molecule has 0 saturated carbocycles. The normalized spacial score (nSPS) is 13.5. The number of nitrogens with two attached hydrogens (primary N) is 1. The number of piperazine rings is 1.